The molecule has 0 radical (unpaired) electrons. The first-order chi connectivity index (χ1) is 16.0. The first-order valence-electron chi connectivity index (χ1n) is 10.7. The zero-order valence-corrected chi connectivity index (χ0v) is 18.6. The molecule has 0 unspecified atom stereocenters. The minimum absolute atomic E-state index is 0.160. The largest absolute Gasteiger partial charge is 0.493 e. The first-order valence-corrected chi connectivity index (χ1v) is 10.7. The lowest BCUT2D eigenvalue weighted by Gasteiger charge is -2.12. The van der Waals surface area contributed by atoms with Crippen LogP contribution < -0.4 is 9.47 Å². The number of hydrogen-bond donors (Lipinski definition) is 1. The lowest BCUT2D eigenvalue weighted by molar-refractivity contribution is 0.0693. The van der Waals surface area contributed by atoms with Gasteiger partial charge in [0.1, 0.15) is 23.9 Å². The molecular formula is C27H25NO5. The number of oxazole rings is 1. The van der Waals surface area contributed by atoms with E-state index in [1.54, 1.807) is 25.1 Å². The third-order valence-corrected chi connectivity index (χ3v) is 5.29. The molecule has 4 rings (SSSR count). The number of carbonyl (C=O) groups is 1. The molecule has 4 aromatic rings. The Morgan fingerprint density at radius 2 is 1.67 bits per heavy atom. The number of carboxylic acid groups (broad SMARTS) is 1. The van der Waals surface area contributed by atoms with Crippen LogP contribution in [0.4, 0.5) is 0 Å². The van der Waals surface area contributed by atoms with E-state index in [1.807, 2.05) is 61.5 Å². The Labute approximate surface area is 192 Å². The topological polar surface area (TPSA) is 81.8 Å². The molecule has 33 heavy (non-hydrogen) atoms. The van der Waals surface area contributed by atoms with Crippen molar-refractivity contribution in [3.63, 3.8) is 0 Å². The number of ether oxygens (including phenoxy) is 2. The summed E-state index contributed by atoms with van der Waals surface area (Å²) in [4.78, 5) is 16.2. The van der Waals surface area contributed by atoms with Gasteiger partial charge in [-0.3, -0.25) is 0 Å². The van der Waals surface area contributed by atoms with Crippen LogP contribution >= 0.6 is 0 Å². The molecule has 168 valence electrons. The number of aromatic carboxylic acids is 1. The molecular weight excluding hydrogens is 418 g/mol. The van der Waals surface area contributed by atoms with Gasteiger partial charge in [0.2, 0.25) is 5.89 Å². The Bertz CT molecular complexity index is 1250. The number of hydrogen-bond acceptors (Lipinski definition) is 5. The van der Waals surface area contributed by atoms with Gasteiger partial charge in [0.25, 0.3) is 0 Å². The van der Waals surface area contributed by atoms with E-state index >= 15 is 0 Å². The summed E-state index contributed by atoms with van der Waals surface area (Å²) in [6, 6.07) is 22.5. The highest BCUT2D eigenvalue weighted by atomic mass is 16.5. The maximum Gasteiger partial charge on any atom is 0.336 e. The van der Waals surface area contributed by atoms with Crippen molar-refractivity contribution in [3.8, 4) is 23.0 Å². The highest BCUT2D eigenvalue weighted by molar-refractivity contribution is 5.91. The first kappa shape index (κ1) is 22.1. The van der Waals surface area contributed by atoms with Gasteiger partial charge in [-0.25, -0.2) is 9.78 Å². The predicted octanol–water partition coefficient (Wildman–Crippen LogP) is 5.86. The Kier molecular flexibility index (Phi) is 6.74. The molecule has 1 heterocycles. The van der Waals surface area contributed by atoms with E-state index in [9.17, 15) is 9.90 Å². The summed E-state index contributed by atoms with van der Waals surface area (Å²) in [7, 11) is 0. The number of nitrogens with zero attached hydrogens (tertiary/aromatic N) is 1. The van der Waals surface area contributed by atoms with Crippen molar-refractivity contribution in [3.05, 3.63) is 101 Å². The average molecular weight is 443 g/mol. The molecule has 0 atom stereocenters. The lowest BCUT2D eigenvalue weighted by Crippen LogP contribution is -2.08. The monoisotopic (exact) mass is 443 g/mol. The zero-order valence-electron chi connectivity index (χ0n) is 18.6. The van der Waals surface area contributed by atoms with E-state index in [0.717, 1.165) is 17.0 Å². The summed E-state index contributed by atoms with van der Waals surface area (Å²) in [6.07, 6.45) is 0.610. The van der Waals surface area contributed by atoms with Crippen molar-refractivity contribution in [1.82, 2.24) is 4.98 Å². The van der Waals surface area contributed by atoms with Gasteiger partial charge in [-0.2, -0.15) is 0 Å². The highest BCUT2D eigenvalue weighted by Gasteiger charge is 2.14. The molecule has 0 spiro atoms. The van der Waals surface area contributed by atoms with Crippen molar-refractivity contribution >= 4 is 5.97 Å². The van der Waals surface area contributed by atoms with Gasteiger partial charge in [0, 0.05) is 23.6 Å². The fourth-order valence-corrected chi connectivity index (χ4v) is 3.60. The molecule has 0 aliphatic heterocycles. The van der Waals surface area contributed by atoms with Gasteiger partial charge in [-0.05, 0) is 43.7 Å². The normalized spacial score (nSPS) is 10.7. The van der Waals surface area contributed by atoms with E-state index in [0.29, 0.717) is 41.5 Å². The second kappa shape index (κ2) is 10.0. The number of aromatic nitrogens is 1. The third-order valence-electron chi connectivity index (χ3n) is 5.29. The smallest absolute Gasteiger partial charge is 0.336 e. The summed E-state index contributed by atoms with van der Waals surface area (Å²) in [5.74, 6) is 1.70. The SMILES string of the molecule is Cc1cccc(COc2cccc(OCCc3nc(-c4ccccc4)oc3C)c2)c1C(=O)O. The second-order valence-corrected chi connectivity index (χ2v) is 7.66. The minimum Gasteiger partial charge on any atom is -0.493 e. The predicted molar refractivity (Wildman–Crippen MR) is 125 cm³/mol. The molecule has 0 fully saturated rings. The Balaban J connectivity index is 1.35. The summed E-state index contributed by atoms with van der Waals surface area (Å²) >= 11 is 0. The van der Waals surface area contributed by atoms with Crippen molar-refractivity contribution in [2.24, 2.45) is 0 Å². The lowest BCUT2D eigenvalue weighted by atomic mass is 10.0. The molecule has 3 aromatic carbocycles. The molecule has 1 aromatic heterocycles. The molecule has 6 heteroatoms. The highest BCUT2D eigenvalue weighted by Crippen LogP contribution is 2.24. The summed E-state index contributed by atoms with van der Waals surface area (Å²) in [5, 5.41) is 9.48. The minimum atomic E-state index is -0.956. The molecule has 1 N–H and O–H groups in total. The van der Waals surface area contributed by atoms with E-state index in [2.05, 4.69) is 4.98 Å². The number of aryl methyl sites for hydroxylation is 2. The molecule has 0 saturated heterocycles. The third kappa shape index (κ3) is 5.41. The van der Waals surface area contributed by atoms with Crippen LogP contribution in [0.2, 0.25) is 0 Å². The van der Waals surface area contributed by atoms with Gasteiger partial charge < -0.3 is 19.0 Å². The van der Waals surface area contributed by atoms with Crippen LogP contribution in [-0.4, -0.2) is 22.7 Å². The van der Waals surface area contributed by atoms with Crippen LogP contribution in [0.3, 0.4) is 0 Å². The van der Waals surface area contributed by atoms with Crippen molar-refractivity contribution in [2.45, 2.75) is 26.9 Å². The summed E-state index contributed by atoms with van der Waals surface area (Å²) < 4.78 is 17.5. The zero-order chi connectivity index (χ0) is 23.2. The van der Waals surface area contributed by atoms with Crippen LogP contribution in [0.15, 0.2) is 77.2 Å². The van der Waals surface area contributed by atoms with Gasteiger partial charge in [0.05, 0.1) is 17.9 Å². The molecule has 0 saturated carbocycles. The summed E-state index contributed by atoms with van der Waals surface area (Å²) in [5.41, 5.74) is 3.42. The second-order valence-electron chi connectivity index (χ2n) is 7.66. The maximum atomic E-state index is 11.6. The van der Waals surface area contributed by atoms with Crippen molar-refractivity contribution < 1.29 is 23.8 Å². The van der Waals surface area contributed by atoms with Crippen LogP contribution in [0.25, 0.3) is 11.5 Å². The Hall–Kier alpha value is -4.06. The van der Waals surface area contributed by atoms with Crippen LogP contribution in [0, 0.1) is 13.8 Å². The Morgan fingerprint density at radius 1 is 0.939 bits per heavy atom. The number of carboxylic acids is 1. The van der Waals surface area contributed by atoms with E-state index in [-0.39, 0.29) is 12.2 Å². The van der Waals surface area contributed by atoms with Crippen LogP contribution in [0.1, 0.15) is 32.9 Å². The van der Waals surface area contributed by atoms with Crippen molar-refractivity contribution in [1.29, 1.82) is 0 Å². The fourth-order valence-electron chi connectivity index (χ4n) is 3.60. The molecule has 0 aliphatic rings. The van der Waals surface area contributed by atoms with Gasteiger partial charge in [-0.1, -0.05) is 42.5 Å². The molecule has 0 amide bonds. The van der Waals surface area contributed by atoms with Crippen molar-refractivity contribution in [2.75, 3.05) is 6.61 Å². The number of benzene rings is 3. The molecule has 0 bridgehead atoms. The van der Waals surface area contributed by atoms with Gasteiger partial charge in [0.15, 0.2) is 0 Å². The maximum absolute atomic E-state index is 11.6. The molecule has 0 aliphatic carbocycles. The van der Waals surface area contributed by atoms with Crippen LogP contribution in [0.5, 0.6) is 11.5 Å². The fraction of sp³-hybridized carbons (Fsp3) is 0.185. The Morgan fingerprint density at radius 3 is 2.42 bits per heavy atom. The van der Waals surface area contributed by atoms with E-state index < -0.39 is 5.97 Å². The summed E-state index contributed by atoms with van der Waals surface area (Å²) in [6.45, 7) is 4.28. The van der Waals surface area contributed by atoms with E-state index in [4.69, 9.17) is 13.9 Å². The quantitative estimate of drug-likeness (QED) is 0.349. The standard InChI is InChI=1S/C27H25NO5/c1-18-8-6-11-21(25(18)27(29)30)17-32-23-13-7-12-22(16-23)31-15-14-24-19(2)33-26(28-24)20-9-4-3-5-10-20/h3-13,16H,14-15,17H2,1-2H3,(H,29,30). The number of rotatable bonds is 9. The van der Waals surface area contributed by atoms with E-state index in [1.165, 1.54) is 0 Å². The van der Waals surface area contributed by atoms with Gasteiger partial charge in [-0.15, -0.1) is 0 Å². The van der Waals surface area contributed by atoms with Gasteiger partial charge >= 0.3 is 5.97 Å². The average Bonchev–Trinajstić information content (AvgIpc) is 3.19. The van der Waals surface area contributed by atoms with Crippen LogP contribution in [-0.2, 0) is 13.0 Å². The molecule has 6 nitrogen and oxygen atoms in total.